The van der Waals surface area contributed by atoms with E-state index in [1.54, 1.807) is 36.4 Å². The zero-order valence-electron chi connectivity index (χ0n) is 25.0. The number of rotatable bonds is 10. The molecule has 10 nitrogen and oxygen atoms in total. The van der Waals surface area contributed by atoms with Crippen molar-refractivity contribution in [2.75, 3.05) is 51.0 Å². The van der Waals surface area contributed by atoms with Crippen molar-refractivity contribution < 1.29 is 27.5 Å². The predicted octanol–water partition coefficient (Wildman–Crippen LogP) is 3.97. The van der Waals surface area contributed by atoms with Crippen LogP contribution in [-0.2, 0) is 6.54 Å². The lowest BCUT2D eigenvalue weighted by atomic mass is 10.0. The molecule has 0 spiro atoms. The van der Waals surface area contributed by atoms with Crippen molar-refractivity contribution in [3.63, 3.8) is 0 Å². The van der Waals surface area contributed by atoms with Crippen molar-refractivity contribution in [3.8, 4) is 17.6 Å². The Labute approximate surface area is 254 Å². The lowest BCUT2D eigenvalue weighted by molar-refractivity contribution is -0.140. The van der Waals surface area contributed by atoms with Crippen molar-refractivity contribution in [1.82, 2.24) is 20.1 Å². The first kappa shape index (κ1) is 32.3. The predicted molar refractivity (Wildman–Crippen MR) is 165 cm³/mol. The van der Waals surface area contributed by atoms with Gasteiger partial charge in [-0.25, -0.2) is 4.79 Å². The first-order chi connectivity index (χ1) is 21.0. The quantitative estimate of drug-likeness (QED) is 0.221. The number of anilines is 2. The smallest absolute Gasteiger partial charge is 0.406 e. The summed E-state index contributed by atoms with van der Waals surface area (Å²) in [5, 5.41) is 12.6. The van der Waals surface area contributed by atoms with E-state index in [0.717, 1.165) is 31.6 Å². The molecule has 0 aliphatic carbocycles. The zero-order valence-corrected chi connectivity index (χ0v) is 25.0. The van der Waals surface area contributed by atoms with E-state index in [9.17, 15) is 22.8 Å². The van der Waals surface area contributed by atoms with Crippen LogP contribution >= 0.6 is 0 Å². The summed E-state index contributed by atoms with van der Waals surface area (Å²) in [4.78, 5) is 25.3. The first-order valence-electron chi connectivity index (χ1n) is 14.3. The molecule has 0 radical (unpaired) electrons. The lowest BCUT2D eigenvalue weighted by Crippen LogP contribution is -2.47. The molecule has 4 rings (SSSR count). The zero-order chi connectivity index (χ0) is 31.9. The van der Waals surface area contributed by atoms with Gasteiger partial charge in [0.25, 0.3) is 5.91 Å². The maximum atomic E-state index is 13.6. The summed E-state index contributed by atoms with van der Waals surface area (Å²) >= 11 is 0. The Hall–Kier alpha value is -4.57. The fraction of sp³-hybridized carbons (Fsp3) is 0.419. The van der Waals surface area contributed by atoms with Crippen LogP contribution in [0.4, 0.5) is 29.3 Å². The number of nitrogens with zero attached hydrogens (tertiary/aromatic N) is 2. The molecule has 44 heavy (non-hydrogen) atoms. The third-order valence-corrected chi connectivity index (χ3v) is 7.43. The average Bonchev–Trinajstić information content (AvgIpc) is 3.32. The standard InChI is InChI=1S/C31H38F3N7O3/c1-20(38-30(35)43)18-40-14-11-22(12-15-40)39-25-7-4-8-27-24(25)17-23(41(27)19-31(32,33)34)6-5-13-37-26-10-9-21(29(42)36-2)16-28(26)44-3/h4,7-10,16-17,20,22,37,39H,11-15,18-19H2,1-3H3,(H,36,42)(H3,35,38,43). The minimum absolute atomic E-state index is 0.0644. The average molecular weight is 614 g/mol. The summed E-state index contributed by atoms with van der Waals surface area (Å²) in [7, 11) is 3.02. The van der Waals surface area contributed by atoms with Crippen molar-refractivity contribution in [2.24, 2.45) is 5.73 Å². The van der Waals surface area contributed by atoms with Crippen molar-refractivity contribution in [3.05, 3.63) is 53.7 Å². The van der Waals surface area contributed by atoms with E-state index >= 15 is 0 Å². The number of piperidine rings is 1. The number of carbonyl (C=O) groups excluding carboxylic acids is 2. The van der Waals surface area contributed by atoms with Gasteiger partial charge in [-0.3, -0.25) is 4.79 Å². The van der Waals surface area contributed by atoms with E-state index in [2.05, 4.69) is 38.0 Å². The monoisotopic (exact) mass is 613 g/mol. The number of nitrogens with one attached hydrogen (secondary N) is 4. The maximum absolute atomic E-state index is 13.6. The maximum Gasteiger partial charge on any atom is 0.406 e. The molecule has 1 unspecified atom stereocenters. The molecule has 3 amide bonds. The molecule has 1 aromatic heterocycles. The van der Waals surface area contributed by atoms with Crippen LogP contribution in [0.5, 0.6) is 5.75 Å². The molecule has 1 aliphatic heterocycles. The van der Waals surface area contributed by atoms with E-state index in [0.29, 0.717) is 34.4 Å². The molecular weight excluding hydrogens is 575 g/mol. The highest BCUT2D eigenvalue weighted by atomic mass is 19.4. The van der Waals surface area contributed by atoms with E-state index in [1.807, 2.05) is 13.0 Å². The third-order valence-electron chi connectivity index (χ3n) is 7.43. The SMILES string of the molecule is CNC(=O)c1ccc(NCC#Cc2cc3c(NC4CCN(CC(C)NC(N)=O)CC4)cccc3n2CC(F)(F)F)c(OC)c1. The van der Waals surface area contributed by atoms with Crippen molar-refractivity contribution in [2.45, 2.75) is 44.6 Å². The Kier molecular flexibility index (Phi) is 10.5. The van der Waals surface area contributed by atoms with Gasteiger partial charge in [0.05, 0.1) is 30.6 Å². The number of methoxy groups -OCH3 is 1. The molecular formula is C31H38F3N7O3. The largest absolute Gasteiger partial charge is 0.495 e. The number of primary amides is 1. The summed E-state index contributed by atoms with van der Waals surface area (Å²) in [6.07, 6.45) is -2.75. The summed E-state index contributed by atoms with van der Waals surface area (Å²) in [6, 6.07) is 11.4. The van der Waals surface area contributed by atoms with Crippen LogP contribution in [0.15, 0.2) is 42.5 Å². The van der Waals surface area contributed by atoms with Crippen LogP contribution < -0.4 is 31.7 Å². The van der Waals surface area contributed by atoms with Crippen LogP contribution in [-0.4, -0.2) is 80.0 Å². The molecule has 3 aromatic rings. The molecule has 6 N–H and O–H groups in total. The number of ether oxygens (including phenoxy) is 1. The Morgan fingerprint density at radius 3 is 2.55 bits per heavy atom. The van der Waals surface area contributed by atoms with Gasteiger partial charge in [0.1, 0.15) is 12.3 Å². The van der Waals surface area contributed by atoms with Gasteiger partial charge >= 0.3 is 12.2 Å². The number of fused-ring (bicyclic) bond motifs is 1. The number of halogens is 3. The summed E-state index contributed by atoms with van der Waals surface area (Å²) in [6.45, 7) is 3.20. The van der Waals surface area contributed by atoms with Gasteiger partial charge in [-0.1, -0.05) is 12.0 Å². The number of carbonyl (C=O) groups is 2. The summed E-state index contributed by atoms with van der Waals surface area (Å²) < 4.78 is 47.5. The summed E-state index contributed by atoms with van der Waals surface area (Å²) in [5.41, 5.74) is 7.70. The molecule has 1 aliphatic rings. The second kappa shape index (κ2) is 14.3. The number of urea groups is 1. The van der Waals surface area contributed by atoms with Crippen LogP contribution in [0, 0.1) is 11.8 Å². The number of likely N-dealkylation sites (tertiary alicyclic amines) is 1. The number of hydrogen-bond donors (Lipinski definition) is 5. The number of benzene rings is 2. The van der Waals surface area contributed by atoms with Gasteiger partial charge in [-0.05, 0) is 62.1 Å². The van der Waals surface area contributed by atoms with Crippen LogP contribution in [0.2, 0.25) is 0 Å². The van der Waals surface area contributed by atoms with E-state index in [-0.39, 0.29) is 30.2 Å². The molecule has 1 fully saturated rings. The molecule has 13 heteroatoms. The molecule has 2 heterocycles. The Morgan fingerprint density at radius 2 is 1.89 bits per heavy atom. The number of aromatic nitrogens is 1. The molecule has 0 bridgehead atoms. The van der Waals surface area contributed by atoms with Crippen LogP contribution in [0.3, 0.4) is 0 Å². The van der Waals surface area contributed by atoms with Crippen LogP contribution in [0.25, 0.3) is 10.9 Å². The number of amides is 3. The summed E-state index contributed by atoms with van der Waals surface area (Å²) in [5.74, 6) is 6.03. The molecule has 236 valence electrons. The molecule has 1 atom stereocenters. The minimum atomic E-state index is -4.43. The fourth-order valence-corrected chi connectivity index (χ4v) is 5.42. The Balaban J connectivity index is 1.49. The van der Waals surface area contributed by atoms with E-state index in [4.69, 9.17) is 10.5 Å². The second-order valence-corrected chi connectivity index (χ2v) is 10.7. The minimum Gasteiger partial charge on any atom is -0.495 e. The van der Waals surface area contributed by atoms with Gasteiger partial charge in [-0.2, -0.15) is 13.2 Å². The van der Waals surface area contributed by atoms with Gasteiger partial charge in [-0.15, -0.1) is 0 Å². The topological polar surface area (TPSA) is 126 Å². The number of hydrogen-bond acceptors (Lipinski definition) is 6. The van der Waals surface area contributed by atoms with Crippen molar-refractivity contribution in [1.29, 1.82) is 0 Å². The fourth-order valence-electron chi connectivity index (χ4n) is 5.42. The highest BCUT2D eigenvalue weighted by Gasteiger charge is 2.30. The third kappa shape index (κ3) is 8.50. The normalized spacial score (nSPS) is 14.8. The van der Waals surface area contributed by atoms with Crippen molar-refractivity contribution >= 4 is 34.2 Å². The number of alkyl halides is 3. The van der Waals surface area contributed by atoms with Gasteiger partial charge in [0, 0.05) is 55.4 Å². The highest BCUT2D eigenvalue weighted by molar-refractivity contribution is 5.95. The van der Waals surface area contributed by atoms with E-state index < -0.39 is 18.8 Å². The molecule has 0 saturated carbocycles. The van der Waals surface area contributed by atoms with E-state index in [1.165, 1.54) is 18.7 Å². The second-order valence-electron chi connectivity index (χ2n) is 10.7. The van der Waals surface area contributed by atoms with Gasteiger partial charge < -0.3 is 41.2 Å². The molecule has 2 aromatic carbocycles. The lowest BCUT2D eigenvalue weighted by Gasteiger charge is -2.34. The Bertz CT molecular complexity index is 1540. The van der Waals surface area contributed by atoms with Gasteiger partial charge in [0.2, 0.25) is 0 Å². The number of nitrogens with two attached hydrogens (primary N) is 1. The highest BCUT2D eigenvalue weighted by Crippen LogP contribution is 2.31. The first-order valence-corrected chi connectivity index (χ1v) is 14.3. The Morgan fingerprint density at radius 1 is 1.14 bits per heavy atom. The van der Waals surface area contributed by atoms with Crippen LogP contribution in [0.1, 0.15) is 35.8 Å². The van der Waals surface area contributed by atoms with Gasteiger partial charge in [0.15, 0.2) is 0 Å². The molecule has 1 saturated heterocycles.